The maximum Gasteiger partial charge on any atom is 0.200 e. The van der Waals surface area contributed by atoms with Crippen molar-refractivity contribution in [2.45, 2.75) is 69.5 Å². The van der Waals surface area contributed by atoms with Gasteiger partial charge in [-0.2, -0.15) is 0 Å². The summed E-state index contributed by atoms with van der Waals surface area (Å²) in [7, 11) is 0. The molecule has 8 atom stereocenters. The lowest BCUT2D eigenvalue weighted by atomic mass is 9.57. The maximum absolute atomic E-state index is 14.5. The summed E-state index contributed by atoms with van der Waals surface area (Å²) < 4.78 is 11.8. The highest BCUT2D eigenvalue weighted by Gasteiger charge is 2.56. The van der Waals surface area contributed by atoms with Gasteiger partial charge in [0.05, 0.1) is 6.10 Å². The van der Waals surface area contributed by atoms with Crippen LogP contribution in [0.4, 0.5) is 0 Å². The smallest absolute Gasteiger partial charge is 0.200 e. The van der Waals surface area contributed by atoms with E-state index in [9.17, 15) is 35.4 Å². The summed E-state index contributed by atoms with van der Waals surface area (Å²) in [6.45, 7) is -0.0483. The van der Waals surface area contributed by atoms with Gasteiger partial charge in [-0.05, 0) is 144 Å². The Bertz CT molecular complexity index is 2240. The Morgan fingerprint density at radius 1 is 0.690 bits per heavy atom. The molecule has 0 aliphatic heterocycles. The van der Waals surface area contributed by atoms with E-state index in [-0.39, 0.29) is 101 Å². The highest BCUT2D eigenvalue weighted by atomic mass is 16.5. The van der Waals surface area contributed by atoms with E-state index >= 15 is 0 Å². The quantitative estimate of drug-likeness (QED) is 0.0464. The Hall–Kier alpha value is -5.71. The minimum atomic E-state index is -0.981. The van der Waals surface area contributed by atoms with Crippen LogP contribution in [0.25, 0.3) is 0 Å². The lowest BCUT2D eigenvalue weighted by molar-refractivity contribution is -0.135. The van der Waals surface area contributed by atoms with Crippen molar-refractivity contribution in [2.24, 2.45) is 35.3 Å². The van der Waals surface area contributed by atoms with Crippen molar-refractivity contribution in [1.29, 1.82) is 0 Å². The average Bonchev–Trinajstić information content (AvgIpc) is 3.46. The molecule has 4 aliphatic carbocycles. The second-order valence-electron chi connectivity index (χ2n) is 16.5. The number of aryl methyl sites for hydroxylation is 1. The lowest BCUT2D eigenvalue weighted by Gasteiger charge is -2.48. The van der Waals surface area contributed by atoms with E-state index in [0.29, 0.717) is 31.2 Å². The molecule has 10 nitrogen and oxygen atoms in total. The number of benzene rings is 5. The zero-order valence-corrected chi connectivity index (χ0v) is 32.3. The van der Waals surface area contributed by atoms with Gasteiger partial charge < -0.3 is 40.1 Å². The van der Waals surface area contributed by atoms with Gasteiger partial charge in [0.25, 0.3) is 0 Å². The standard InChI is InChI=1S/C48H51NO9/c49-26-58-42-20-29(12-16-40(42)53)11-15-39(52)37-22-31(17-28-9-13-34(50)14-10-28)36-23-33-21-32(18-27-5-2-1-3-6-27)43(45(36)46(37)55)38-24-41(54)47(56)48(44(33)38)57-25-30-7-4-8-35(51)19-30/h1-10,12-14,16,19-20,24,31-33,36-37,43,45-46,50-51,53-56H,11,15,17-18,21-23,25-26,49H2. The monoisotopic (exact) mass is 785 g/mol. The highest BCUT2D eigenvalue weighted by molar-refractivity contribution is 5.82. The summed E-state index contributed by atoms with van der Waals surface area (Å²) in [4.78, 5) is 14.5. The fraction of sp³-hybridized carbons (Fsp3) is 0.354. The number of ketones is 1. The molecule has 5 aromatic rings. The normalized spacial score (nSPS) is 24.7. The topological polar surface area (TPSA) is 183 Å². The summed E-state index contributed by atoms with van der Waals surface area (Å²) in [5.74, 6) is -1.34. The number of fused-ring (bicyclic) bond motifs is 1. The van der Waals surface area contributed by atoms with Crippen molar-refractivity contribution < 1.29 is 44.9 Å². The summed E-state index contributed by atoms with van der Waals surface area (Å²) in [6, 6.07) is 30.8. The van der Waals surface area contributed by atoms with Gasteiger partial charge in [-0.15, -0.1) is 0 Å². The first-order chi connectivity index (χ1) is 28.1. The number of ether oxygens (including phenoxy) is 2. The Labute approximate surface area is 338 Å². The fourth-order valence-electron chi connectivity index (χ4n) is 10.6. The molecule has 0 aromatic heterocycles. The SMILES string of the molecule is NCOc1cc(CCC(=O)C2CC(Cc3ccc(O)cc3)C3CC4CC(Cc5ccccc5)C(c5cc(O)c(O)c(OCc6cccc(O)c6)c54)C3C2O)ccc1O. The van der Waals surface area contributed by atoms with Crippen molar-refractivity contribution in [3.63, 3.8) is 0 Å². The number of rotatable bonds is 13. The van der Waals surface area contributed by atoms with Crippen LogP contribution in [0.1, 0.15) is 70.9 Å². The predicted octanol–water partition coefficient (Wildman–Crippen LogP) is 7.60. The second kappa shape index (κ2) is 16.6. The number of aromatic hydroxyl groups is 5. The molecule has 0 saturated heterocycles. The number of nitrogens with two attached hydrogens (primary N) is 1. The number of carbonyl (C=O) groups is 1. The Morgan fingerprint density at radius 3 is 2.17 bits per heavy atom. The van der Waals surface area contributed by atoms with Crippen LogP contribution in [-0.2, 0) is 30.7 Å². The Balaban J connectivity index is 1.20. The third-order valence-corrected chi connectivity index (χ3v) is 13.0. The first-order valence-electron chi connectivity index (χ1n) is 20.2. The number of phenolic OH excluding ortho intramolecular Hbond substituents is 5. The van der Waals surface area contributed by atoms with Crippen LogP contribution in [0, 0.1) is 29.6 Å². The van der Waals surface area contributed by atoms with Gasteiger partial charge in [-0.3, -0.25) is 10.5 Å². The molecule has 302 valence electrons. The van der Waals surface area contributed by atoms with Crippen LogP contribution >= 0.6 is 0 Å². The van der Waals surface area contributed by atoms with E-state index in [1.54, 1.807) is 48.5 Å². The molecule has 2 saturated carbocycles. The molecule has 0 heterocycles. The maximum atomic E-state index is 14.5. The van der Waals surface area contributed by atoms with Gasteiger partial charge in [0.1, 0.15) is 30.6 Å². The number of hydrogen-bond donors (Lipinski definition) is 7. The lowest BCUT2D eigenvalue weighted by Crippen LogP contribution is -2.49. The Kier molecular flexibility index (Phi) is 11.2. The van der Waals surface area contributed by atoms with Gasteiger partial charge in [0.15, 0.2) is 23.0 Å². The van der Waals surface area contributed by atoms with Crippen LogP contribution in [-0.4, -0.2) is 49.3 Å². The van der Waals surface area contributed by atoms with Crippen molar-refractivity contribution >= 4 is 5.78 Å². The number of phenols is 5. The van der Waals surface area contributed by atoms with E-state index < -0.39 is 12.0 Å². The summed E-state index contributed by atoms with van der Waals surface area (Å²) >= 11 is 0. The first-order valence-corrected chi connectivity index (χ1v) is 20.2. The molecule has 8 N–H and O–H groups in total. The second-order valence-corrected chi connectivity index (χ2v) is 16.5. The summed E-state index contributed by atoms with van der Waals surface area (Å²) in [5, 5.41) is 66.0. The highest BCUT2D eigenvalue weighted by Crippen LogP contribution is 2.64. The van der Waals surface area contributed by atoms with Crippen LogP contribution < -0.4 is 15.2 Å². The molecule has 0 radical (unpaired) electrons. The minimum absolute atomic E-state index is 0.00114. The largest absolute Gasteiger partial charge is 0.508 e. The Morgan fingerprint density at radius 2 is 1.41 bits per heavy atom. The van der Waals surface area contributed by atoms with E-state index in [1.807, 2.05) is 36.4 Å². The average molecular weight is 786 g/mol. The van der Waals surface area contributed by atoms with E-state index in [0.717, 1.165) is 40.7 Å². The number of carbonyl (C=O) groups excluding carboxylic acids is 1. The minimum Gasteiger partial charge on any atom is -0.508 e. The molecule has 10 heteroatoms. The van der Waals surface area contributed by atoms with Crippen LogP contribution in [0.2, 0.25) is 0 Å². The van der Waals surface area contributed by atoms with Gasteiger partial charge >= 0.3 is 0 Å². The van der Waals surface area contributed by atoms with Gasteiger partial charge in [0, 0.05) is 17.9 Å². The molecule has 58 heavy (non-hydrogen) atoms. The molecule has 4 aliphatic rings. The van der Waals surface area contributed by atoms with Gasteiger partial charge in [0.2, 0.25) is 5.75 Å². The summed E-state index contributed by atoms with van der Waals surface area (Å²) in [5.41, 5.74) is 10.9. The number of hydrogen-bond acceptors (Lipinski definition) is 10. The number of aliphatic hydroxyl groups is 1. The van der Waals surface area contributed by atoms with E-state index in [1.165, 1.54) is 6.07 Å². The predicted molar refractivity (Wildman–Crippen MR) is 218 cm³/mol. The van der Waals surface area contributed by atoms with Crippen LogP contribution in [0.15, 0.2) is 103 Å². The molecule has 5 aromatic carbocycles. The molecule has 9 rings (SSSR count). The van der Waals surface area contributed by atoms with Gasteiger partial charge in [-0.1, -0.05) is 60.7 Å². The third-order valence-electron chi connectivity index (χ3n) is 13.0. The molecule has 0 spiro atoms. The molecule has 2 bridgehead atoms. The number of Topliss-reactive ketones (excluding diaryl/α,β-unsaturated/α-hetero) is 1. The molecule has 0 amide bonds. The molecular weight excluding hydrogens is 735 g/mol. The van der Waals surface area contributed by atoms with Crippen LogP contribution in [0.5, 0.6) is 40.2 Å². The van der Waals surface area contributed by atoms with E-state index in [4.69, 9.17) is 15.2 Å². The fourth-order valence-corrected chi connectivity index (χ4v) is 10.6. The van der Waals surface area contributed by atoms with Crippen molar-refractivity contribution in [2.75, 3.05) is 6.73 Å². The first kappa shape index (κ1) is 39.1. The molecular formula is C48H51NO9. The van der Waals surface area contributed by atoms with Crippen molar-refractivity contribution in [1.82, 2.24) is 0 Å². The summed E-state index contributed by atoms with van der Waals surface area (Å²) in [6.07, 6.45) is 2.89. The van der Waals surface area contributed by atoms with Crippen LogP contribution in [0.3, 0.4) is 0 Å². The zero-order valence-electron chi connectivity index (χ0n) is 32.3. The zero-order chi connectivity index (χ0) is 40.5. The van der Waals surface area contributed by atoms with Crippen molar-refractivity contribution in [3.05, 3.63) is 137 Å². The molecule has 8 unspecified atom stereocenters. The van der Waals surface area contributed by atoms with E-state index in [2.05, 4.69) is 12.1 Å². The van der Waals surface area contributed by atoms with Gasteiger partial charge in [-0.25, -0.2) is 0 Å². The third kappa shape index (κ3) is 7.91. The number of aliphatic hydroxyl groups excluding tert-OH is 1. The van der Waals surface area contributed by atoms with Crippen molar-refractivity contribution in [3.8, 4) is 40.2 Å². The molecule has 2 fully saturated rings.